The van der Waals surface area contributed by atoms with Gasteiger partial charge in [0.1, 0.15) is 18.0 Å². The highest BCUT2D eigenvalue weighted by Gasteiger charge is 2.30. The SMILES string of the molecule is COC(=O)c1ccccc1NC(=O)CN(c1cc(OC)ccc1OC)S(=O)(=O)c1ccccc1. The maximum absolute atomic E-state index is 13.6. The Hall–Kier alpha value is -4.05. The number of nitrogens with one attached hydrogen (secondary N) is 1. The number of ether oxygens (including phenoxy) is 3. The molecule has 0 aliphatic heterocycles. The van der Waals surface area contributed by atoms with Crippen molar-refractivity contribution in [2.75, 3.05) is 37.5 Å². The molecule has 0 bridgehead atoms. The van der Waals surface area contributed by atoms with Crippen molar-refractivity contribution in [1.29, 1.82) is 0 Å². The molecule has 9 nitrogen and oxygen atoms in total. The number of carbonyl (C=O) groups is 2. The molecular weight excluding hydrogens is 460 g/mol. The molecule has 0 atom stereocenters. The lowest BCUT2D eigenvalue weighted by atomic mass is 10.2. The number of anilines is 2. The molecule has 0 unspecified atom stereocenters. The van der Waals surface area contributed by atoms with E-state index in [1.807, 2.05) is 0 Å². The monoisotopic (exact) mass is 484 g/mol. The summed E-state index contributed by atoms with van der Waals surface area (Å²) in [5.74, 6) is -0.719. The van der Waals surface area contributed by atoms with Crippen LogP contribution in [0.4, 0.5) is 11.4 Å². The summed E-state index contributed by atoms with van der Waals surface area (Å²) < 4.78 is 43.5. The number of benzene rings is 3. The molecule has 3 aromatic carbocycles. The van der Waals surface area contributed by atoms with Crippen molar-refractivity contribution < 1.29 is 32.2 Å². The zero-order chi connectivity index (χ0) is 24.7. The van der Waals surface area contributed by atoms with Crippen LogP contribution in [0.3, 0.4) is 0 Å². The Morgan fingerprint density at radius 3 is 2.21 bits per heavy atom. The van der Waals surface area contributed by atoms with Gasteiger partial charge < -0.3 is 19.5 Å². The smallest absolute Gasteiger partial charge is 0.339 e. The van der Waals surface area contributed by atoms with Crippen molar-refractivity contribution in [3.8, 4) is 11.5 Å². The molecule has 0 saturated heterocycles. The van der Waals surface area contributed by atoms with Crippen molar-refractivity contribution in [3.05, 3.63) is 78.4 Å². The van der Waals surface area contributed by atoms with Gasteiger partial charge in [0, 0.05) is 6.07 Å². The van der Waals surface area contributed by atoms with Crippen LogP contribution in [0.25, 0.3) is 0 Å². The number of rotatable bonds is 9. The first-order valence-corrected chi connectivity index (χ1v) is 11.5. The van der Waals surface area contributed by atoms with Crippen LogP contribution in [-0.2, 0) is 19.6 Å². The molecule has 3 aromatic rings. The summed E-state index contributed by atoms with van der Waals surface area (Å²) in [7, 11) is -0.122. The number of esters is 1. The van der Waals surface area contributed by atoms with E-state index in [1.165, 1.54) is 51.7 Å². The van der Waals surface area contributed by atoms with Gasteiger partial charge in [0.15, 0.2) is 0 Å². The number of amides is 1. The quantitative estimate of drug-likeness (QED) is 0.464. The van der Waals surface area contributed by atoms with E-state index in [9.17, 15) is 18.0 Å². The van der Waals surface area contributed by atoms with Crippen LogP contribution in [0.2, 0.25) is 0 Å². The highest BCUT2D eigenvalue weighted by Crippen LogP contribution is 2.35. The van der Waals surface area contributed by atoms with Crippen LogP contribution in [0, 0.1) is 0 Å². The van der Waals surface area contributed by atoms with E-state index in [-0.39, 0.29) is 27.6 Å². The number of hydrogen-bond acceptors (Lipinski definition) is 7. The van der Waals surface area contributed by atoms with Gasteiger partial charge in [-0.3, -0.25) is 9.10 Å². The fraction of sp³-hybridized carbons (Fsp3) is 0.167. The Bertz CT molecular complexity index is 1280. The van der Waals surface area contributed by atoms with Crippen molar-refractivity contribution in [2.24, 2.45) is 0 Å². The van der Waals surface area contributed by atoms with E-state index in [4.69, 9.17) is 14.2 Å². The third kappa shape index (κ3) is 5.29. The third-order valence-electron chi connectivity index (χ3n) is 4.88. The molecule has 0 aliphatic rings. The normalized spacial score (nSPS) is 10.8. The van der Waals surface area contributed by atoms with Crippen LogP contribution in [0.15, 0.2) is 77.7 Å². The molecule has 178 valence electrons. The van der Waals surface area contributed by atoms with Gasteiger partial charge in [0.25, 0.3) is 10.0 Å². The average molecular weight is 485 g/mol. The Morgan fingerprint density at radius 1 is 0.882 bits per heavy atom. The molecule has 0 heterocycles. The molecular formula is C24H24N2O7S. The van der Waals surface area contributed by atoms with E-state index >= 15 is 0 Å². The van der Waals surface area contributed by atoms with Crippen LogP contribution in [0.5, 0.6) is 11.5 Å². The summed E-state index contributed by atoms with van der Waals surface area (Å²) in [4.78, 5) is 25.1. The maximum atomic E-state index is 13.6. The number of nitrogens with zero attached hydrogens (tertiary/aromatic N) is 1. The summed E-state index contributed by atoms with van der Waals surface area (Å²) >= 11 is 0. The van der Waals surface area contributed by atoms with Crippen molar-refractivity contribution >= 4 is 33.3 Å². The molecule has 0 spiro atoms. The van der Waals surface area contributed by atoms with Gasteiger partial charge in [-0.25, -0.2) is 13.2 Å². The second kappa shape index (κ2) is 10.7. The molecule has 1 N–H and O–H groups in total. The predicted octanol–water partition coefficient (Wildman–Crippen LogP) is 3.32. The first-order chi connectivity index (χ1) is 16.3. The topological polar surface area (TPSA) is 111 Å². The molecule has 3 rings (SSSR count). The molecule has 0 aliphatic carbocycles. The van der Waals surface area contributed by atoms with Crippen LogP contribution >= 0.6 is 0 Å². The van der Waals surface area contributed by atoms with Crippen molar-refractivity contribution in [3.63, 3.8) is 0 Å². The lowest BCUT2D eigenvalue weighted by Crippen LogP contribution is -2.38. The zero-order valence-corrected chi connectivity index (χ0v) is 19.7. The summed E-state index contributed by atoms with van der Waals surface area (Å²) in [6, 6.07) is 18.6. The summed E-state index contributed by atoms with van der Waals surface area (Å²) in [5, 5.41) is 2.60. The van der Waals surface area contributed by atoms with Gasteiger partial charge in [0.05, 0.1) is 43.2 Å². The number of sulfonamides is 1. The van der Waals surface area contributed by atoms with E-state index < -0.39 is 28.4 Å². The lowest BCUT2D eigenvalue weighted by Gasteiger charge is -2.26. The fourth-order valence-corrected chi connectivity index (χ4v) is 4.66. The lowest BCUT2D eigenvalue weighted by molar-refractivity contribution is -0.114. The van der Waals surface area contributed by atoms with E-state index in [0.29, 0.717) is 5.75 Å². The minimum absolute atomic E-state index is 0.0115. The first-order valence-electron chi connectivity index (χ1n) is 10.1. The van der Waals surface area contributed by atoms with Gasteiger partial charge in [-0.2, -0.15) is 0 Å². The van der Waals surface area contributed by atoms with E-state index in [0.717, 1.165) is 4.31 Å². The van der Waals surface area contributed by atoms with E-state index in [1.54, 1.807) is 42.5 Å². The Morgan fingerprint density at radius 2 is 1.56 bits per heavy atom. The maximum Gasteiger partial charge on any atom is 0.339 e. The Kier molecular flexibility index (Phi) is 7.75. The molecule has 0 fully saturated rings. The highest BCUT2D eigenvalue weighted by molar-refractivity contribution is 7.92. The van der Waals surface area contributed by atoms with Crippen molar-refractivity contribution in [1.82, 2.24) is 0 Å². The highest BCUT2D eigenvalue weighted by atomic mass is 32.2. The van der Waals surface area contributed by atoms with Crippen LogP contribution in [-0.4, -0.2) is 48.2 Å². The van der Waals surface area contributed by atoms with E-state index in [2.05, 4.69) is 5.32 Å². The molecule has 10 heteroatoms. The predicted molar refractivity (Wildman–Crippen MR) is 127 cm³/mol. The van der Waals surface area contributed by atoms with Crippen LogP contribution < -0.4 is 19.1 Å². The minimum Gasteiger partial charge on any atom is -0.497 e. The van der Waals surface area contributed by atoms with Gasteiger partial charge in [-0.05, 0) is 36.4 Å². The Labute approximate surface area is 197 Å². The second-order valence-corrected chi connectivity index (χ2v) is 8.81. The molecule has 34 heavy (non-hydrogen) atoms. The van der Waals surface area contributed by atoms with Gasteiger partial charge in [0.2, 0.25) is 5.91 Å². The Balaban J connectivity index is 2.05. The summed E-state index contributed by atoms with van der Waals surface area (Å²) in [6.07, 6.45) is 0. The fourth-order valence-electron chi connectivity index (χ4n) is 3.21. The largest absolute Gasteiger partial charge is 0.497 e. The number of para-hydroxylation sites is 1. The first kappa shape index (κ1) is 24.6. The molecule has 0 radical (unpaired) electrons. The number of hydrogen-bond donors (Lipinski definition) is 1. The minimum atomic E-state index is -4.18. The molecule has 0 aromatic heterocycles. The van der Waals surface area contributed by atoms with Gasteiger partial charge in [-0.1, -0.05) is 30.3 Å². The second-order valence-electron chi connectivity index (χ2n) is 6.95. The zero-order valence-electron chi connectivity index (χ0n) is 18.8. The third-order valence-corrected chi connectivity index (χ3v) is 6.65. The van der Waals surface area contributed by atoms with Gasteiger partial charge in [-0.15, -0.1) is 0 Å². The molecule has 0 saturated carbocycles. The van der Waals surface area contributed by atoms with Gasteiger partial charge >= 0.3 is 5.97 Å². The van der Waals surface area contributed by atoms with Crippen LogP contribution in [0.1, 0.15) is 10.4 Å². The summed E-state index contributed by atoms with van der Waals surface area (Å²) in [5.41, 5.74) is 0.436. The average Bonchev–Trinajstić information content (AvgIpc) is 2.87. The number of carbonyl (C=O) groups excluding carboxylic acids is 2. The number of methoxy groups -OCH3 is 3. The summed E-state index contributed by atoms with van der Waals surface area (Å²) in [6.45, 7) is -0.601. The molecule has 1 amide bonds. The van der Waals surface area contributed by atoms with Crippen molar-refractivity contribution in [2.45, 2.75) is 4.90 Å². The standard InChI is InChI=1S/C24H24N2O7S/c1-31-17-13-14-22(32-2)21(15-17)26(34(29,30)18-9-5-4-6-10-18)16-23(27)25-20-12-8-7-11-19(20)24(28)33-3/h4-15H,16H2,1-3H3,(H,25,27).